The van der Waals surface area contributed by atoms with Crippen LogP contribution in [0.15, 0.2) is 74.3 Å². The molecule has 0 saturated carbocycles. The van der Waals surface area contributed by atoms with Crippen molar-refractivity contribution in [1.82, 2.24) is 10.7 Å². The van der Waals surface area contributed by atoms with Gasteiger partial charge in [-0.1, -0.05) is 24.3 Å². The molecule has 9 nitrogen and oxygen atoms in total. The maximum atomic E-state index is 12.9. The minimum atomic E-state index is -0.709. The fourth-order valence-corrected chi connectivity index (χ4v) is 4.20. The lowest BCUT2D eigenvalue weighted by atomic mass is 10.1. The van der Waals surface area contributed by atoms with Crippen LogP contribution in [0.25, 0.3) is 6.08 Å². The quantitative estimate of drug-likeness (QED) is 0.189. The van der Waals surface area contributed by atoms with Crippen LogP contribution in [0.4, 0.5) is 0 Å². The molecule has 0 unspecified atom stereocenters. The second kappa shape index (κ2) is 10.6. The summed E-state index contributed by atoms with van der Waals surface area (Å²) in [6.07, 6.45) is 2.66. The van der Waals surface area contributed by atoms with Crippen LogP contribution >= 0.6 is 31.9 Å². The maximum Gasteiger partial charge on any atom is 0.287 e. The number of hydrogen-bond acceptors (Lipinski definition) is 7. The number of hydrazone groups is 1. The van der Waals surface area contributed by atoms with Gasteiger partial charge in [0.2, 0.25) is 6.79 Å². The van der Waals surface area contributed by atoms with Crippen molar-refractivity contribution in [2.75, 3.05) is 6.79 Å². The number of nitrogens with zero attached hydrogens (tertiary/aromatic N) is 1. The molecule has 0 bridgehead atoms. The van der Waals surface area contributed by atoms with Crippen molar-refractivity contribution in [2.24, 2.45) is 5.10 Å². The molecule has 11 heteroatoms. The van der Waals surface area contributed by atoms with E-state index in [1.54, 1.807) is 48.5 Å². The molecular formula is C24H17Br2N3O6. The number of aromatic hydroxyl groups is 2. The van der Waals surface area contributed by atoms with Gasteiger partial charge in [-0.05, 0) is 73.8 Å². The zero-order chi connectivity index (χ0) is 24.9. The molecule has 0 aliphatic carbocycles. The molecule has 0 atom stereocenters. The highest BCUT2D eigenvalue weighted by molar-refractivity contribution is 9.11. The number of carbonyl (C=O) groups excluding carboxylic acids is 2. The molecule has 1 aliphatic heterocycles. The Kier molecular flexibility index (Phi) is 7.37. The molecule has 0 radical (unpaired) electrons. The zero-order valence-corrected chi connectivity index (χ0v) is 21.0. The van der Waals surface area contributed by atoms with Gasteiger partial charge in [0.05, 0.1) is 10.7 Å². The molecular weight excluding hydrogens is 586 g/mol. The minimum Gasteiger partial charge on any atom is -0.506 e. The molecule has 1 heterocycles. The molecule has 4 N–H and O–H groups in total. The second-order valence-electron chi connectivity index (χ2n) is 7.15. The lowest BCUT2D eigenvalue weighted by molar-refractivity contribution is -0.117. The number of nitrogens with one attached hydrogen (secondary N) is 2. The van der Waals surface area contributed by atoms with Crippen molar-refractivity contribution in [2.45, 2.75) is 0 Å². The first-order valence-electron chi connectivity index (χ1n) is 10.0. The Balaban J connectivity index is 1.58. The predicted molar refractivity (Wildman–Crippen MR) is 135 cm³/mol. The van der Waals surface area contributed by atoms with Crippen LogP contribution in [-0.2, 0) is 4.79 Å². The first kappa shape index (κ1) is 24.3. The highest BCUT2D eigenvalue weighted by atomic mass is 79.9. The molecule has 35 heavy (non-hydrogen) atoms. The number of amides is 2. The number of carbonyl (C=O) groups is 2. The third kappa shape index (κ3) is 5.64. The monoisotopic (exact) mass is 601 g/mol. The van der Waals surface area contributed by atoms with Gasteiger partial charge >= 0.3 is 0 Å². The van der Waals surface area contributed by atoms with Crippen LogP contribution < -0.4 is 20.2 Å². The Bertz CT molecular complexity index is 1360. The van der Waals surface area contributed by atoms with Crippen LogP contribution in [0.5, 0.6) is 23.0 Å². The number of fused-ring (bicyclic) bond motifs is 1. The fourth-order valence-electron chi connectivity index (χ4n) is 3.05. The van der Waals surface area contributed by atoms with Crippen LogP contribution in [0.1, 0.15) is 21.5 Å². The van der Waals surface area contributed by atoms with E-state index in [9.17, 15) is 19.8 Å². The number of rotatable bonds is 6. The molecule has 0 aromatic heterocycles. The third-order valence-electron chi connectivity index (χ3n) is 4.80. The Morgan fingerprint density at radius 3 is 2.49 bits per heavy atom. The normalized spacial score (nSPS) is 12.6. The van der Waals surface area contributed by atoms with Gasteiger partial charge in [0.25, 0.3) is 11.8 Å². The number of phenolic OH excluding ortho intramolecular Hbond substituents is 2. The van der Waals surface area contributed by atoms with Crippen LogP contribution in [0, 0.1) is 0 Å². The topological polar surface area (TPSA) is 129 Å². The summed E-state index contributed by atoms with van der Waals surface area (Å²) in [6.45, 7) is 0.103. The van der Waals surface area contributed by atoms with Gasteiger partial charge < -0.3 is 25.0 Å². The first-order chi connectivity index (χ1) is 16.8. The van der Waals surface area contributed by atoms with Gasteiger partial charge in [-0.2, -0.15) is 5.10 Å². The Labute approximate surface area is 216 Å². The second-order valence-corrected chi connectivity index (χ2v) is 8.80. The standard InChI is InChI=1S/C24H17Br2N3O6/c25-16-10-15(21(30)20(26)22(16)31)11-27-29-24(33)17(28-23(32)14-4-2-1-3-5-14)8-13-6-7-18-19(9-13)35-12-34-18/h1-11,30-31H,12H2,(H,28,32)(H,29,33)/b17-8-,27-11+. The minimum absolute atomic E-state index is 0.0677. The Morgan fingerprint density at radius 1 is 0.971 bits per heavy atom. The fraction of sp³-hybridized carbons (Fsp3) is 0.0417. The van der Waals surface area contributed by atoms with Gasteiger partial charge in [0, 0.05) is 11.1 Å². The van der Waals surface area contributed by atoms with E-state index in [4.69, 9.17) is 9.47 Å². The molecule has 0 fully saturated rings. The molecule has 1 aliphatic rings. The van der Waals surface area contributed by atoms with Gasteiger partial charge in [-0.15, -0.1) is 0 Å². The summed E-state index contributed by atoms with van der Waals surface area (Å²) in [5, 5.41) is 26.5. The van der Waals surface area contributed by atoms with Gasteiger partial charge in [0.1, 0.15) is 21.7 Å². The lowest BCUT2D eigenvalue weighted by Crippen LogP contribution is -2.32. The number of halogens is 2. The van der Waals surface area contributed by atoms with Crippen molar-refractivity contribution < 1.29 is 29.3 Å². The maximum absolute atomic E-state index is 12.9. The highest BCUT2D eigenvalue weighted by Gasteiger charge is 2.17. The van der Waals surface area contributed by atoms with Crippen LogP contribution in [0.3, 0.4) is 0 Å². The summed E-state index contributed by atoms with van der Waals surface area (Å²) in [7, 11) is 0. The third-order valence-corrected chi connectivity index (χ3v) is 6.16. The molecule has 4 rings (SSSR count). The summed E-state index contributed by atoms with van der Waals surface area (Å²) >= 11 is 6.24. The SMILES string of the molecule is O=C(N/N=C/c1cc(Br)c(O)c(Br)c1O)/C(=C/c1ccc2c(c1)OCO2)NC(=O)c1ccccc1. The van der Waals surface area contributed by atoms with Gasteiger partial charge in [-0.25, -0.2) is 5.43 Å². The number of phenols is 2. The average Bonchev–Trinajstić information content (AvgIpc) is 3.33. The van der Waals surface area contributed by atoms with E-state index in [1.807, 2.05) is 0 Å². The van der Waals surface area contributed by atoms with Crippen molar-refractivity contribution >= 4 is 56.0 Å². The van der Waals surface area contributed by atoms with Crippen LogP contribution in [-0.4, -0.2) is 35.0 Å². The number of ether oxygens (including phenoxy) is 2. The van der Waals surface area contributed by atoms with Crippen molar-refractivity contribution in [3.63, 3.8) is 0 Å². The summed E-state index contributed by atoms with van der Waals surface area (Å²) in [4.78, 5) is 25.6. The summed E-state index contributed by atoms with van der Waals surface area (Å²) < 4.78 is 11.1. The Morgan fingerprint density at radius 2 is 1.71 bits per heavy atom. The first-order valence-corrected chi connectivity index (χ1v) is 11.6. The molecule has 3 aromatic rings. The van der Waals surface area contributed by atoms with E-state index < -0.39 is 11.8 Å². The summed E-state index contributed by atoms with van der Waals surface area (Å²) in [5.41, 5.74) is 3.42. The van der Waals surface area contributed by atoms with Crippen LogP contribution in [0.2, 0.25) is 0 Å². The molecule has 2 amide bonds. The molecule has 3 aromatic carbocycles. The van der Waals surface area contributed by atoms with E-state index >= 15 is 0 Å². The average molecular weight is 603 g/mol. The molecule has 178 valence electrons. The van der Waals surface area contributed by atoms with Gasteiger partial charge in [0.15, 0.2) is 11.5 Å². The highest BCUT2D eigenvalue weighted by Crippen LogP contribution is 2.40. The lowest BCUT2D eigenvalue weighted by Gasteiger charge is -2.10. The largest absolute Gasteiger partial charge is 0.506 e. The molecule has 0 spiro atoms. The van der Waals surface area contributed by atoms with E-state index in [1.165, 1.54) is 18.4 Å². The van der Waals surface area contributed by atoms with E-state index in [0.717, 1.165) is 0 Å². The van der Waals surface area contributed by atoms with Crippen molar-refractivity contribution in [3.8, 4) is 23.0 Å². The van der Waals surface area contributed by atoms with Crippen molar-refractivity contribution in [3.05, 3.63) is 85.9 Å². The smallest absolute Gasteiger partial charge is 0.287 e. The van der Waals surface area contributed by atoms with E-state index in [2.05, 4.69) is 47.7 Å². The number of benzene rings is 3. The summed E-state index contributed by atoms with van der Waals surface area (Å²) in [6, 6.07) is 14.9. The molecule has 0 saturated heterocycles. The van der Waals surface area contributed by atoms with E-state index in [-0.39, 0.29) is 34.0 Å². The predicted octanol–water partition coefficient (Wildman–Crippen LogP) is 4.27. The van der Waals surface area contributed by atoms with E-state index in [0.29, 0.717) is 27.1 Å². The number of hydrogen-bond donors (Lipinski definition) is 4. The summed E-state index contributed by atoms with van der Waals surface area (Å²) in [5.74, 6) is -0.541. The van der Waals surface area contributed by atoms with Crippen molar-refractivity contribution in [1.29, 1.82) is 0 Å². The Hall–Kier alpha value is -3.83. The zero-order valence-electron chi connectivity index (χ0n) is 17.8. The van der Waals surface area contributed by atoms with Gasteiger partial charge in [-0.3, -0.25) is 9.59 Å².